The fourth-order valence-corrected chi connectivity index (χ4v) is 12.8. The van der Waals surface area contributed by atoms with Gasteiger partial charge >= 0.3 is 0 Å². The topological polar surface area (TPSA) is 89.5 Å². The second-order valence-electron chi connectivity index (χ2n) is 11.5. The molecule has 9 heteroatoms. The van der Waals surface area contributed by atoms with Gasteiger partial charge in [0, 0.05) is 12.6 Å². The predicted molar refractivity (Wildman–Crippen MR) is 172 cm³/mol. The first-order chi connectivity index (χ1) is 19.8. The van der Waals surface area contributed by atoms with E-state index >= 15 is 0 Å². The summed E-state index contributed by atoms with van der Waals surface area (Å²) in [5.41, 5.74) is 0.927. The van der Waals surface area contributed by atoms with Gasteiger partial charge in [-0.05, 0) is 53.0 Å². The lowest BCUT2D eigenvalue weighted by Crippen LogP contribution is -2.66. The summed E-state index contributed by atoms with van der Waals surface area (Å²) < 4.78 is 63.3. The molecule has 0 saturated heterocycles. The van der Waals surface area contributed by atoms with Crippen LogP contribution in [0, 0.1) is 6.92 Å². The molecule has 0 heterocycles. The average Bonchev–Trinajstić information content (AvgIpc) is 2.96. The third-order valence-electron chi connectivity index (χ3n) is 7.38. The zero-order valence-corrected chi connectivity index (χ0v) is 27.2. The van der Waals surface area contributed by atoms with Crippen molar-refractivity contribution in [1.82, 2.24) is 4.72 Å². The van der Waals surface area contributed by atoms with Gasteiger partial charge in [-0.2, -0.15) is 0 Å². The monoisotopic (exact) mass is 621 g/mol. The van der Waals surface area contributed by atoms with E-state index in [1.165, 1.54) is 24.3 Å². The Morgan fingerprint density at radius 1 is 0.690 bits per heavy atom. The molecule has 1 unspecified atom stereocenters. The second kappa shape index (κ2) is 13.1. The number of sulfonamides is 1. The lowest BCUT2D eigenvalue weighted by Gasteiger charge is -2.43. The molecule has 4 rings (SSSR count). The van der Waals surface area contributed by atoms with Crippen LogP contribution < -0.4 is 15.1 Å². The van der Waals surface area contributed by atoms with Crippen LogP contribution in [0.2, 0.25) is 5.04 Å². The van der Waals surface area contributed by atoms with E-state index in [0.717, 1.165) is 15.9 Å². The molecule has 42 heavy (non-hydrogen) atoms. The second-order valence-corrected chi connectivity index (χ2v) is 19.6. The molecule has 0 spiro atoms. The van der Waals surface area contributed by atoms with Crippen LogP contribution in [0.3, 0.4) is 0 Å². The van der Waals surface area contributed by atoms with Gasteiger partial charge in [-0.15, -0.1) is 0 Å². The summed E-state index contributed by atoms with van der Waals surface area (Å²) in [6.45, 7) is 8.53. The molecular weight excluding hydrogens is 583 g/mol. The number of rotatable bonds is 12. The minimum absolute atomic E-state index is 0.0862. The number of hydrogen-bond donors (Lipinski definition) is 1. The summed E-state index contributed by atoms with van der Waals surface area (Å²) in [7, 11) is -10.7. The molecule has 222 valence electrons. The Bertz CT molecular complexity index is 1620. The average molecular weight is 622 g/mol. The molecular formula is C33H39NO5S2Si. The van der Waals surface area contributed by atoms with Crippen molar-refractivity contribution in [2.45, 2.75) is 55.0 Å². The fraction of sp³-hybridized carbons (Fsp3) is 0.273. The summed E-state index contributed by atoms with van der Waals surface area (Å²) in [4.78, 5) is 0.237. The van der Waals surface area contributed by atoms with Crippen LogP contribution in [0.5, 0.6) is 0 Å². The molecule has 0 amide bonds. The van der Waals surface area contributed by atoms with E-state index in [1.807, 2.05) is 43.3 Å². The minimum Gasteiger partial charge on any atom is -0.407 e. The van der Waals surface area contributed by atoms with Crippen LogP contribution in [-0.2, 0) is 24.3 Å². The van der Waals surface area contributed by atoms with Crippen molar-refractivity contribution >= 4 is 38.6 Å². The number of nitrogens with one attached hydrogen (secondary N) is 1. The van der Waals surface area contributed by atoms with Crippen LogP contribution in [0.4, 0.5) is 0 Å². The fourth-order valence-electron chi connectivity index (χ4n) is 5.29. The van der Waals surface area contributed by atoms with Crippen molar-refractivity contribution in [3.63, 3.8) is 0 Å². The first-order valence-electron chi connectivity index (χ1n) is 14.0. The molecule has 6 nitrogen and oxygen atoms in total. The normalized spacial score (nSPS) is 13.5. The third-order valence-corrected chi connectivity index (χ3v) is 15.8. The van der Waals surface area contributed by atoms with Crippen LogP contribution in [0.1, 0.15) is 32.8 Å². The van der Waals surface area contributed by atoms with Gasteiger partial charge in [0.1, 0.15) is 0 Å². The van der Waals surface area contributed by atoms with E-state index in [-0.39, 0.29) is 27.9 Å². The Hall–Kier alpha value is -3.08. The standard InChI is InChI=1S/C33H39NO5S2Si/c1-27-20-22-30(23-21-27)41(37,38)34-28(26-40(35,36)29-14-8-5-9-15-29)24-25-39-42(33(2,3)4,31-16-10-6-11-17-31)32-18-12-7-13-19-32/h5-23,28,34H,24-26H2,1-4H3. The summed E-state index contributed by atoms with van der Waals surface area (Å²) in [6.07, 6.45) is 0.168. The highest BCUT2D eigenvalue weighted by Gasteiger charge is 2.50. The Labute approximate surface area is 251 Å². The molecule has 0 aliphatic rings. The third kappa shape index (κ3) is 7.27. The van der Waals surface area contributed by atoms with Crippen LogP contribution in [0.25, 0.3) is 0 Å². The quantitative estimate of drug-likeness (QED) is 0.223. The first-order valence-corrected chi connectivity index (χ1v) is 19.0. The van der Waals surface area contributed by atoms with E-state index in [9.17, 15) is 16.8 Å². The van der Waals surface area contributed by atoms with E-state index < -0.39 is 40.0 Å². The summed E-state index contributed by atoms with van der Waals surface area (Å²) in [5, 5.41) is 1.91. The summed E-state index contributed by atoms with van der Waals surface area (Å²) in [5.74, 6) is -0.397. The molecule has 4 aromatic carbocycles. The maximum atomic E-state index is 13.4. The van der Waals surface area contributed by atoms with Gasteiger partial charge in [0.25, 0.3) is 8.32 Å². The highest BCUT2D eigenvalue weighted by Crippen LogP contribution is 2.37. The van der Waals surface area contributed by atoms with Crippen molar-refractivity contribution in [2.75, 3.05) is 12.4 Å². The highest BCUT2D eigenvalue weighted by molar-refractivity contribution is 7.91. The van der Waals surface area contributed by atoms with Crippen molar-refractivity contribution in [3.05, 3.63) is 121 Å². The number of sulfone groups is 1. The van der Waals surface area contributed by atoms with Crippen molar-refractivity contribution in [2.24, 2.45) is 0 Å². The van der Waals surface area contributed by atoms with Crippen LogP contribution >= 0.6 is 0 Å². The number of hydrogen-bond acceptors (Lipinski definition) is 5. The van der Waals surface area contributed by atoms with Gasteiger partial charge in [0.05, 0.1) is 15.5 Å². The molecule has 1 N–H and O–H groups in total. The van der Waals surface area contributed by atoms with Crippen molar-refractivity contribution in [1.29, 1.82) is 0 Å². The lowest BCUT2D eigenvalue weighted by atomic mass is 10.2. The van der Waals surface area contributed by atoms with Gasteiger partial charge in [-0.3, -0.25) is 0 Å². The smallest absolute Gasteiger partial charge is 0.261 e. The molecule has 0 aromatic heterocycles. The molecule has 4 aromatic rings. The molecule has 0 radical (unpaired) electrons. The Morgan fingerprint density at radius 2 is 1.17 bits per heavy atom. The minimum atomic E-state index is -3.99. The predicted octanol–water partition coefficient (Wildman–Crippen LogP) is 5.08. The SMILES string of the molecule is Cc1ccc(S(=O)(=O)NC(CCO[Si](c2ccccc2)(c2ccccc2)C(C)(C)C)CS(=O)(=O)c2ccccc2)cc1. The van der Waals surface area contributed by atoms with E-state index in [1.54, 1.807) is 30.3 Å². The van der Waals surface area contributed by atoms with Crippen LogP contribution in [0.15, 0.2) is 125 Å². The van der Waals surface area contributed by atoms with E-state index in [2.05, 4.69) is 49.8 Å². The highest BCUT2D eigenvalue weighted by atomic mass is 32.2. The molecule has 0 saturated carbocycles. The maximum Gasteiger partial charge on any atom is 0.261 e. The molecule has 0 aliphatic carbocycles. The molecule has 0 bridgehead atoms. The Morgan fingerprint density at radius 3 is 1.64 bits per heavy atom. The lowest BCUT2D eigenvalue weighted by molar-refractivity contribution is 0.280. The summed E-state index contributed by atoms with van der Waals surface area (Å²) in [6, 6.07) is 34.0. The maximum absolute atomic E-state index is 13.4. The largest absolute Gasteiger partial charge is 0.407 e. The van der Waals surface area contributed by atoms with E-state index in [0.29, 0.717) is 0 Å². The van der Waals surface area contributed by atoms with Gasteiger partial charge in [-0.25, -0.2) is 21.6 Å². The van der Waals surface area contributed by atoms with Gasteiger partial charge in [0.15, 0.2) is 9.84 Å². The Kier molecular flexibility index (Phi) is 9.90. The van der Waals surface area contributed by atoms with Crippen molar-refractivity contribution in [3.8, 4) is 0 Å². The first kappa shape index (κ1) is 31.8. The Balaban J connectivity index is 1.68. The van der Waals surface area contributed by atoms with Gasteiger partial charge < -0.3 is 4.43 Å². The number of aryl methyl sites for hydroxylation is 1. The molecule has 0 fully saturated rings. The van der Waals surface area contributed by atoms with Gasteiger partial charge in [0.2, 0.25) is 10.0 Å². The van der Waals surface area contributed by atoms with E-state index in [4.69, 9.17) is 4.43 Å². The zero-order chi connectivity index (χ0) is 30.4. The summed E-state index contributed by atoms with van der Waals surface area (Å²) >= 11 is 0. The van der Waals surface area contributed by atoms with Crippen molar-refractivity contribution < 1.29 is 21.3 Å². The molecule has 0 aliphatic heterocycles. The zero-order valence-electron chi connectivity index (χ0n) is 24.5. The van der Waals surface area contributed by atoms with Gasteiger partial charge in [-0.1, -0.05) is 117 Å². The molecule has 1 atom stereocenters. The number of benzene rings is 4. The van der Waals surface area contributed by atoms with Crippen LogP contribution in [-0.4, -0.2) is 43.6 Å².